The van der Waals surface area contributed by atoms with E-state index in [1.165, 1.54) is 57.7 Å². The van der Waals surface area contributed by atoms with Crippen LogP contribution in [0.25, 0.3) is 0 Å². The fourth-order valence-corrected chi connectivity index (χ4v) is 10.7. The minimum atomic E-state index is -0.389. The molecule has 0 heterocycles. The van der Waals surface area contributed by atoms with Gasteiger partial charge in [-0.25, -0.2) is 0 Å². The zero-order chi connectivity index (χ0) is 22.6. The van der Waals surface area contributed by atoms with Gasteiger partial charge in [-0.2, -0.15) is 0 Å². The van der Waals surface area contributed by atoms with Gasteiger partial charge in [0.25, 0.3) is 0 Å². The molecule has 0 amide bonds. The van der Waals surface area contributed by atoms with Gasteiger partial charge in [-0.15, -0.1) is 0 Å². The van der Waals surface area contributed by atoms with Crippen LogP contribution in [0.3, 0.4) is 0 Å². The lowest BCUT2D eigenvalue weighted by Gasteiger charge is -2.53. The fourth-order valence-electron chi connectivity index (χ4n) is 9.94. The van der Waals surface area contributed by atoms with Crippen LogP contribution in [0.4, 0.5) is 0 Å². The van der Waals surface area contributed by atoms with E-state index < -0.39 is 0 Å². The normalized spacial score (nSPS) is 50.5. The molecule has 2 nitrogen and oxygen atoms in total. The van der Waals surface area contributed by atoms with E-state index in [1.807, 2.05) is 0 Å². The summed E-state index contributed by atoms with van der Waals surface area (Å²) in [5.41, 5.74) is 0.898. The van der Waals surface area contributed by atoms with Crippen molar-refractivity contribution in [3.63, 3.8) is 0 Å². The minimum Gasteiger partial charge on any atom is -0.421 e. The van der Waals surface area contributed by atoms with E-state index >= 15 is 0 Å². The van der Waals surface area contributed by atoms with E-state index in [9.17, 15) is 4.79 Å². The van der Waals surface area contributed by atoms with Gasteiger partial charge in [0.1, 0.15) is 6.29 Å². The van der Waals surface area contributed by atoms with E-state index in [0.29, 0.717) is 22.9 Å². The van der Waals surface area contributed by atoms with Crippen molar-refractivity contribution in [2.75, 3.05) is 0 Å². The molecule has 4 unspecified atom stereocenters. The molecule has 4 saturated carbocycles. The van der Waals surface area contributed by atoms with Crippen molar-refractivity contribution in [2.45, 2.75) is 112 Å². The molecule has 4 aliphatic rings. The maximum Gasteiger partial charge on any atom is 0.158 e. The Morgan fingerprint density at radius 2 is 1.71 bits per heavy atom. The van der Waals surface area contributed by atoms with E-state index in [4.69, 9.17) is 4.43 Å². The molecule has 31 heavy (non-hydrogen) atoms. The number of carbonyl (C=O) groups is 1. The predicted molar refractivity (Wildman–Crippen MR) is 133 cm³/mol. The molecule has 0 aliphatic heterocycles. The number of carbonyl (C=O) groups excluding carboxylic acids is 1. The van der Waals surface area contributed by atoms with Gasteiger partial charge in [0.05, 0.1) is 0 Å². The molecule has 4 aliphatic carbocycles. The molecular weight excluding hydrogens is 396 g/mol. The highest BCUT2D eigenvalue weighted by Gasteiger charge is 2.70. The van der Waals surface area contributed by atoms with Crippen LogP contribution in [0.2, 0.25) is 6.55 Å². The van der Waals surface area contributed by atoms with Gasteiger partial charge in [-0.3, -0.25) is 0 Å². The Morgan fingerprint density at radius 1 is 0.968 bits per heavy atom. The van der Waals surface area contributed by atoms with Crippen LogP contribution in [0, 0.1) is 57.7 Å². The minimum absolute atomic E-state index is 0.128. The first-order chi connectivity index (χ1) is 14.6. The quantitative estimate of drug-likeness (QED) is 0.323. The Kier molecular flexibility index (Phi) is 6.63. The molecule has 0 saturated heterocycles. The second kappa shape index (κ2) is 8.57. The van der Waals surface area contributed by atoms with E-state index in [0.717, 1.165) is 36.0 Å². The molecule has 0 radical (unpaired) electrons. The van der Waals surface area contributed by atoms with Crippen LogP contribution in [0.1, 0.15) is 99.3 Å². The summed E-state index contributed by atoms with van der Waals surface area (Å²) in [5.74, 6) is 4.85. The standard InChI is InChI=1S/C28H50O2Si/c1-18(2)8-9-19(3)21-10-11-22-25-23(13-14-26(21,22)4)27(5)15-12-20(30-31-7)16-28(27,6)24(25)17-29/h17-25H,8-16,31H2,1-7H3/t19-,20+,21-,22?,23?,24?,25?,26-,27-,28+/m1/s1. The molecule has 0 spiro atoms. The van der Waals surface area contributed by atoms with Crippen LogP contribution in [0.5, 0.6) is 0 Å². The Morgan fingerprint density at radius 3 is 2.35 bits per heavy atom. The third-order valence-corrected chi connectivity index (χ3v) is 12.6. The van der Waals surface area contributed by atoms with Crippen molar-refractivity contribution in [2.24, 2.45) is 57.7 Å². The topological polar surface area (TPSA) is 26.3 Å². The molecule has 0 aromatic carbocycles. The van der Waals surface area contributed by atoms with Gasteiger partial charge >= 0.3 is 0 Å². The van der Waals surface area contributed by atoms with Gasteiger partial charge in [-0.1, -0.05) is 60.9 Å². The number of hydrogen-bond acceptors (Lipinski definition) is 2. The second-order valence-corrected chi connectivity index (χ2v) is 14.2. The van der Waals surface area contributed by atoms with Crippen molar-refractivity contribution in [1.29, 1.82) is 0 Å². The summed E-state index contributed by atoms with van der Waals surface area (Å²) in [6.07, 6.45) is 13.7. The summed E-state index contributed by atoms with van der Waals surface area (Å²) in [6, 6.07) is 0. The lowest BCUT2D eigenvalue weighted by Crippen LogP contribution is -2.48. The van der Waals surface area contributed by atoms with Crippen molar-refractivity contribution < 1.29 is 9.22 Å². The fraction of sp³-hybridized carbons (Fsp3) is 0.964. The van der Waals surface area contributed by atoms with Gasteiger partial charge in [0.2, 0.25) is 0 Å². The third-order valence-electron chi connectivity index (χ3n) is 11.8. The Balaban J connectivity index is 1.62. The van der Waals surface area contributed by atoms with Crippen LogP contribution in [-0.4, -0.2) is 22.2 Å². The lowest BCUT2D eigenvalue weighted by molar-refractivity contribution is -0.121. The monoisotopic (exact) mass is 446 g/mol. The van der Waals surface area contributed by atoms with Crippen LogP contribution in [0.15, 0.2) is 0 Å². The first-order valence-corrected chi connectivity index (χ1v) is 15.7. The van der Waals surface area contributed by atoms with E-state index in [-0.39, 0.29) is 21.1 Å². The molecule has 4 rings (SSSR count). The highest BCUT2D eigenvalue weighted by atomic mass is 28.2. The summed E-state index contributed by atoms with van der Waals surface area (Å²) in [7, 11) is -0.389. The van der Waals surface area contributed by atoms with Crippen LogP contribution < -0.4 is 0 Å². The first kappa shape index (κ1) is 24.0. The van der Waals surface area contributed by atoms with E-state index in [1.54, 1.807) is 0 Å². The van der Waals surface area contributed by atoms with E-state index in [2.05, 4.69) is 48.1 Å². The molecular formula is C28H50O2Si. The van der Waals surface area contributed by atoms with Crippen LogP contribution in [-0.2, 0) is 9.22 Å². The summed E-state index contributed by atoms with van der Waals surface area (Å²) < 4.78 is 6.27. The molecule has 3 heteroatoms. The van der Waals surface area contributed by atoms with Gasteiger partial charge in [-0.05, 0) is 96.7 Å². The summed E-state index contributed by atoms with van der Waals surface area (Å²) in [4.78, 5) is 12.8. The third kappa shape index (κ3) is 3.54. The number of rotatable bonds is 7. The molecule has 4 fully saturated rings. The predicted octanol–water partition coefficient (Wildman–Crippen LogP) is 6.66. The largest absolute Gasteiger partial charge is 0.421 e. The van der Waals surface area contributed by atoms with Gasteiger partial charge in [0.15, 0.2) is 9.76 Å². The first-order valence-electron chi connectivity index (χ1n) is 13.7. The zero-order valence-corrected chi connectivity index (χ0v) is 23.0. The molecule has 0 N–H and O–H groups in total. The van der Waals surface area contributed by atoms with Crippen molar-refractivity contribution in [3.05, 3.63) is 0 Å². The molecule has 10 atom stereocenters. The second-order valence-electron chi connectivity index (χ2n) is 13.3. The highest BCUT2D eigenvalue weighted by Crippen LogP contribution is 2.75. The molecule has 178 valence electrons. The average molecular weight is 447 g/mol. The Hall–Kier alpha value is -0.153. The molecule has 0 aromatic heterocycles. The maximum absolute atomic E-state index is 12.8. The van der Waals surface area contributed by atoms with Crippen molar-refractivity contribution in [1.82, 2.24) is 0 Å². The number of fused-ring (bicyclic) bond motifs is 5. The SMILES string of the molecule is C[SiH2]O[C@H]1CC[C@]2(C)C3CC[C@@]4(C)C(CC[C@@H]4[C@H](C)CCC(C)C)C3C(C=O)[C@]2(C)C1. The van der Waals surface area contributed by atoms with Gasteiger partial charge < -0.3 is 9.22 Å². The highest BCUT2D eigenvalue weighted by molar-refractivity contribution is 6.24. The van der Waals surface area contributed by atoms with Crippen molar-refractivity contribution >= 4 is 16.0 Å². The average Bonchev–Trinajstić information content (AvgIpc) is 3.15. The molecule has 0 aromatic rings. The summed E-state index contributed by atoms with van der Waals surface area (Å²) in [5, 5.41) is 0. The summed E-state index contributed by atoms with van der Waals surface area (Å²) >= 11 is 0. The number of aldehydes is 1. The van der Waals surface area contributed by atoms with Gasteiger partial charge in [0, 0.05) is 12.0 Å². The smallest absolute Gasteiger partial charge is 0.158 e. The Labute approximate surface area is 195 Å². The number of hydrogen-bond donors (Lipinski definition) is 0. The molecule has 0 bridgehead atoms. The van der Waals surface area contributed by atoms with Crippen molar-refractivity contribution in [3.8, 4) is 0 Å². The Bertz CT molecular complexity index is 663. The lowest BCUT2D eigenvalue weighted by atomic mass is 9.52. The summed E-state index contributed by atoms with van der Waals surface area (Å²) in [6.45, 7) is 17.2. The van der Waals surface area contributed by atoms with Crippen LogP contribution >= 0.6 is 0 Å². The maximum atomic E-state index is 12.8. The zero-order valence-electron chi connectivity index (χ0n) is 21.6.